The van der Waals surface area contributed by atoms with E-state index in [0.717, 1.165) is 10.2 Å². The number of hydrogen-bond acceptors (Lipinski definition) is 1. The van der Waals surface area contributed by atoms with Crippen molar-refractivity contribution >= 4 is 15.9 Å². The molecule has 0 amide bonds. The smallest absolute Gasteiger partial charge is 0.122 e. The molecule has 1 atom stereocenters. The molecule has 2 aromatic rings. The number of methoxy groups -OCH3 is 1. The van der Waals surface area contributed by atoms with Crippen molar-refractivity contribution in [2.45, 2.75) is 12.8 Å². The summed E-state index contributed by atoms with van der Waals surface area (Å²) in [7, 11) is 1.71. The van der Waals surface area contributed by atoms with E-state index >= 15 is 0 Å². The first-order valence-electron chi connectivity index (χ1n) is 5.61. The van der Waals surface area contributed by atoms with Gasteiger partial charge in [0.05, 0.1) is 7.11 Å². The third-order valence-corrected chi connectivity index (χ3v) is 3.70. The fourth-order valence-corrected chi connectivity index (χ4v) is 2.65. The molecule has 1 unspecified atom stereocenters. The molecular weight excluding hydrogens is 276 g/mol. The molecule has 0 heterocycles. The van der Waals surface area contributed by atoms with Gasteiger partial charge in [-0.2, -0.15) is 0 Å². The molecule has 0 bridgehead atoms. The van der Waals surface area contributed by atoms with E-state index in [9.17, 15) is 0 Å². The fourth-order valence-electron chi connectivity index (χ4n) is 2.02. The number of rotatable bonds is 3. The van der Waals surface area contributed by atoms with Crippen LogP contribution in [-0.4, -0.2) is 7.11 Å². The summed E-state index contributed by atoms with van der Waals surface area (Å²) in [5.41, 5.74) is 2.49. The van der Waals surface area contributed by atoms with Crippen LogP contribution in [0.1, 0.15) is 24.0 Å². The lowest BCUT2D eigenvalue weighted by Crippen LogP contribution is -2.00. The maximum Gasteiger partial charge on any atom is 0.122 e. The van der Waals surface area contributed by atoms with Crippen molar-refractivity contribution in [2.24, 2.45) is 0 Å². The molecule has 0 aliphatic rings. The second-order valence-electron chi connectivity index (χ2n) is 3.99. The minimum absolute atomic E-state index is 0.307. The number of halogens is 1. The Morgan fingerprint density at radius 1 is 0.941 bits per heavy atom. The zero-order chi connectivity index (χ0) is 12.3. The Labute approximate surface area is 111 Å². The van der Waals surface area contributed by atoms with Gasteiger partial charge in [0.2, 0.25) is 0 Å². The van der Waals surface area contributed by atoms with E-state index < -0.39 is 0 Å². The topological polar surface area (TPSA) is 9.23 Å². The highest BCUT2D eigenvalue weighted by Gasteiger charge is 2.14. The van der Waals surface area contributed by atoms with E-state index in [1.165, 1.54) is 11.1 Å². The molecule has 2 aromatic carbocycles. The van der Waals surface area contributed by atoms with Crippen molar-refractivity contribution in [3.63, 3.8) is 0 Å². The summed E-state index contributed by atoms with van der Waals surface area (Å²) < 4.78 is 6.55. The Bertz CT molecular complexity index is 508. The van der Waals surface area contributed by atoms with Gasteiger partial charge < -0.3 is 4.74 Å². The number of benzene rings is 2. The Kier molecular flexibility index (Phi) is 3.85. The molecule has 0 N–H and O–H groups in total. The second-order valence-corrected chi connectivity index (χ2v) is 4.84. The summed E-state index contributed by atoms with van der Waals surface area (Å²) in [6.07, 6.45) is 0. The zero-order valence-corrected chi connectivity index (χ0v) is 11.6. The lowest BCUT2D eigenvalue weighted by Gasteiger charge is -2.17. The molecule has 2 heteroatoms. The van der Waals surface area contributed by atoms with Crippen molar-refractivity contribution in [2.75, 3.05) is 7.11 Å². The summed E-state index contributed by atoms with van der Waals surface area (Å²) in [4.78, 5) is 0. The van der Waals surface area contributed by atoms with Crippen LogP contribution >= 0.6 is 15.9 Å². The maximum atomic E-state index is 5.41. The molecule has 88 valence electrons. The van der Waals surface area contributed by atoms with Crippen LogP contribution < -0.4 is 4.74 Å². The molecule has 2 rings (SSSR count). The van der Waals surface area contributed by atoms with E-state index in [-0.39, 0.29) is 0 Å². The van der Waals surface area contributed by atoms with Crippen molar-refractivity contribution in [1.29, 1.82) is 0 Å². The summed E-state index contributed by atoms with van der Waals surface area (Å²) in [6.45, 7) is 2.19. The van der Waals surface area contributed by atoms with Crippen LogP contribution in [0.15, 0.2) is 53.0 Å². The molecule has 1 nitrogen and oxygen atoms in total. The molecule has 0 aliphatic heterocycles. The lowest BCUT2D eigenvalue weighted by molar-refractivity contribution is 0.408. The van der Waals surface area contributed by atoms with Crippen LogP contribution in [0, 0.1) is 0 Å². The van der Waals surface area contributed by atoms with Crippen molar-refractivity contribution in [1.82, 2.24) is 0 Å². The summed E-state index contributed by atoms with van der Waals surface area (Å²) in [5, 5.41) is 0. The molecule has 0 radical (unpaired) electrons. The van der Waals surface area contributed by atoms with Crippen LogP contribution in [0.25, 0.3) is 0 Å². The van der Waals surface area contributed by atoms with Gasteiger partial charge in [-0.1, -0.05) is 59.3 Å². The summed E-state index contributed by atoms with van der Waals surface area (Å²) in [5.74, 6) is 1.25. The molecule has 0 aromatic heterocycles. The fraction of sp³-hybridized carbons (Fsp3) is 0.200. The SMILES string of the molecule is COc1ccccc1C(C)c1ccccc1Br. The van der Waals surface area contributed by atoms with Gasteiger partial charge in [-0.25, -0.2) is 0 Å². The Balaban J connectivity index is 2.44. The number of para-hydroxylation sites is 1. The van der Waals surface area contributed by atoms with Crippen LogP contribution in [0.2, 0.25) is 0 Å². The van der Waals surface area contributed by atoms with Gasteiger partial charge in [-0.05, 0) is 17.7 Å². The quantitative estimate of drug-likeness (QED) is 0.802. The third-order valence-electron chi connectivity index (χ3n) is 2.98. The highest BCUT2D eigenvalue weighted by molar-refractivity contribution is 9.10. The van der Waals surface area contributed by atoms with E-state index in [2.05, 4.69) is 47.1 Å². The molecule has 0 saturated carbocycles. The van der Waals surface area contributed by atoms with Crippen molar-refractivity contribution < 1.29 is 4.74 Å². The predicted octanol–water partition coefficient (Wildman–Crippen LogP) is 4.61. The van der Waals surface area contributed by atoms with E-state index in [4.69, 9.17) is 4.74 Å². The van der Waals surface area contributed by atoms with Gasteiger partial charge in [0, 0.05) is 16.0 Å². The summed E-state index contributed by atoms with van der Waals surface area (Å²) >= 11 is 3.60. The first-order chi connectivity index (χ1) is 8.24. The lowest BCUT2D eigenvalue weighted by atomic mass is 9.92. The molecule has 17 heavy (non-hydrogen) atoms. The van der Waals surface area contributed by atoms with Gasteiger partial charge in [0.15, 0.2) is 0 Å². The van der Waals surface area contributed by atoms with Gasteiger partial charge in [0.25, 0.3) is 0 Å². The Morgan fingerprint density at radius 2 is 1.53 bits per heavy atom. The normalized spacial score (nSPS) is 12.2. The van der Waals surface area contributed by atoms with Crippen LogP contribution in [0.3, 0.4) is 0 Å². The Hall–Kier alpha value is -1.28. The monoisotopic (exact) mass is 290 g/mol. The maximum absolute atomic E-state index is 5.41. The third kappa shape index (κ3) is 2.52. The standard InChI is InChI=1S/C15H15BrO/c1-11(12-7-3-5-9-14(12)16)13-8-4-6-10-15(13)17-2/h3-11H,1-2H3. The molecule has 0 aliphatic carbocycles. The van der Waals surface area contributed by atoms with E-state index in [1.54, 1.807) is 7.11 Å². The van der Waals surface area contributed by atoms with Crippen LogP contribution in [0.4, 0.5) is 0 Å². The minimum atomic E-state index is 0.307. The first-order valence-corrected chi connectivity index (χ1v) is 6.40. The minimum Gasteiger partial charge on any atom is -0.496 e. The number of hydrogen-bond donors (Lipinski definition) is 0. The highest BCUT2D eigenvalue weighted by Crippen LogP contribution is 2.34. The molecule has 0 spiro atoms. The van der Waals surface area contributed by atoms with Crippen LogP contribution in [0.5, 0.6) is 5.75 Å². The molecule has 0 saturated heterocycles. The first kappa shape index (κ1) is 12.2. The van der Waals surface area contributed by atoms with Gasteiger partial charge in [-0.3, -0.25) is 0 Å². The molecule has 0 fully saturated rings. The van der Waals surface area contributed by atoms with E-state index in [1.807, 2.05) is 24.3 Å². The average Bonchev–Trinajstić information content (AvgIpc) is 2.38. The van der Waals surface area contributed by atoms with Crippen molar-refractivity contribution in [3.8, 4) is 5.75 Å². The van der Waals surface area contributed by atoms with Gasteiger partial charge in [-0.15, -0.1) is 0 Å². The molecular formula is C15H15BrO. The van der Waals surface area contributed by atoms with Crippen molar-refractivity contribution in [3.05, 3.63) is 64.1 Å². The van der Waals surface area contributed by atoms with Gasteiger partial charge in [0.1, 0.15) is 5.75 Å². The second kappa shape index (κ2) is 5.37. The largest absolute Gasteiger partial charge is 0.496 e. The van der Waals surface area contributed by atoms with Crippen LogP contribution in [-0.2, 0) is 0 Å². The summed E-state index contributed by atoms with van der Waals surface area (Å²) in [6, 6.07) is 16.5. The number of ether oxygens (including phenoxy) is 1. The van der Waals surface area contributed by atoms with Gasteiger partial charge >= 0.3 is 0 Å². The zero-order valence-electron chi connectivity index (χ0n) is 9.98. The van der Waals surface area contributed by atoms with E-state index in [0.29, 0.717) is 5.92 Å². The highest BCUT2D eigenvalue weighted by atomic mass is 79.9. The Morgan fingerprint density at radius 3 is 2.18 bits per heavy atom. The average molecular weight is 291 g/mol. The predicted molar refractivity (Wildman–Crippen MR) is 74.7 cm³/mol.